The number of hydrogen-bond donors (Lipinski definition) is 0. The molecule has 3 aliphatic rings. The zero-order valence-electron chi connectivity index (χ0n) is 26.9. The molecule has 48 heavy (non-hydrogen) atoms. The summed E-state index contributed by atoms with van der Waals surface area (Å²) in [5.41, 5.74) is 1.83. The lowest BCUT2D eigenvalue weighted by molar-refractivity contribution is -0.340. The van der Waals surface area contributed by atoms with Gasteiger partial charge in [-0.15, -0.1) is 0 Å². The van der Waals surface area contributed by atoms with Crippen molar-refractivity contribution in [3.63, 3.8) is 0 Å². The molecule has 7 rings (SSSR count). The molecule has 4 aromatic carbocycles. The summed E-state index contributed by atoms with van der Waals surface area (Å²) in [6.45, 7) is 3.51. The predicted octanol–water partition coefficient (Wildman–Crippen LogP) is 5.64. The third-order valence-corrected chi connectivity index (χ3v) is 8.49. The number of rotatable bonds is 2. The Morgan fingerprint density at radius 2 is 0.833 bits per heavy atom. The van der Waals surface area contributed by atoms with Crippen molar-refractivity contribution in [2.75, 3.05) is 66.1 Å². The highest BCUT2D eigenvalue weighted by molar-refractivity contribution is 5.86. The Hall–Kier alpha value is -3.58. The molecule has 254 valence electrons. The molecule has 6 atom stereocenters. The minimum atomic E-state index is -0.583. The van der Waals surface area contributed by atoms with E-state index in [-0.39, 0.29) is 0 Å². The predicted molar refractivity (Wildman–Crippen MR) is 176 cm³/mol. The quantitative estimate of drug-likeness (QED) is 0.269. The van der Waals surface area contributed by atoms with E-state index in [1.807, 2.05) is 84.9 Å². The smallest absolute Gasteiger partial charge is 0.184 e. The highest BCUT2D eigenvalue weighted by atomic mass is 16.7. The zero-order valence-corrected chi connectivity index (χ0v) is 26.9. The van der Waals surface area contributed by atoms with Gasteiger partial charge >= 0.3 is 0 Å². The van der Waals surface area contributed by atoms with Crippen molar-refractivity contribution in [3.8, 4) is 11.5 Å². The van der Waals surface area contributed by atoms with Crippen molar-refractivity contribution >= 4 is 10.8 Å². The van der Waals surface area contributed by atoms with Crippen LogP contribution in [-0.4, -0.2) is 90.5 Å². The number of benzene rings is 4. The third kappa shape index (κ3) is 8.34. The van der Waals surface area contributed by atoms with Crippen LogP contribution in [0, 0.1) is 0 Å². The standard InChI is InChI=1S/C38H42O10/c1-3-9-27(10-4-1)37-45-25-33-35(47-37)36-34(26-46-38(48-36)28-11-5-2-6-12-28)44-22-18-40-16-20-42-32-24-30-14-8-7-13-29(30)23-31(32)41-19-15-39-17-21-43-33/h1-14,23-24,33-38H,15-22,25-26H2/t33-,34-,35-,36-,37-,38-/m1/s1. The monoisotopic (exact) mass is 658 g/mol. The highest BCUT2D eigenvalue weighted by Gasteiger charge is 2.46. The van der Waals surface area contributed by atoms with Crippen molar-refractivity contribution in [1.82, 2.24) is 0 Å². The molecule has 4 aromatic rings. The summed E-state index contributed by atoms with van der Waals surface area (Å²) in [5, 5.41) is 2.14. The molecule has 2 fully saturated rings. The van der Waals surface area contributed by atoms with Crippen molar-refractivity contribution in [2.24, 2.45) is 0 Å². The molecule has 0 unspecified atom stereocenters. The molecule has 3 heterocycles. The van der Waals surface area contributed by atoms with E-state index in [9.17, 15) is 0 Å². The average Bonchev–Trinajstić information content (AvgIpc) is 3.14. The fourth-order valence-electron chi connectivity index (χ4n) is 6.09. The molecule has 0 radical (unpaired) electrons. The molecule has 0 saturated carbocycles. The normalized spacial score (nSPS) is 28.1. The van der Waals surface area contributed by atoms with Crippen LogP contribution in [0.3, 0.4) is 0 Å². The topological polar surface area (TPSA) is 92.3 Å². The Morgan fingerprint density at radius 1 is 0.417 bits per heavy atom. The van der Waals surface area contributed by atoms with Gasteiger partial charge < -0.3 is 47.4 Å². The van der Waals surface area contributed by atoms with Gasteiger partial charge in [-0.25, -0.2) is 0 Å². The van der Waals surface area contributed by atoms with E-state index < -0.39 is 37.0 Å². The summed E-state index contributed by atoms with van der Waals surface area (Å²) in [6.07, 6.45) is -3.07. The molecule has 2 saturated heterocycles. The second-order valence-electron chi connectivity index (χ2n) is 11.7. The first-order valence-electron chi connectivity index (χ1n) is 16.6. The van der Waals surface area contributed by atoms with Gasteiger partial charge in [-0.2, -0.15) is 0 Å². The summed E-state index contributed by atoms with van der Waals surface area (Å²) in [7, 11) is 0. The van der Waals surface area contributed by atoms with Gasteiger partial charge in [-0.3, -0.25) is 0 Å². The zero-order chi connectivity index (χ0) is 32.4. The molecule has 0 spiro atoms. The van der Waals surface area contributed by atoms with Crippen LogP contribution in [0.25, 0.3) is 10.8 Å². The van der Waals surface area contributed by atoms with Gasteiger partial charge in [0.15, 0.2) is 24.1 Å². The van der Waals surface area contributed by atoms with Gasteiger partial charge in [-0.1, -0.05) is 84.9 Å². The molecule has 10 nitrogen and oxygen atoms in total. The minimum Gasteiger partial charge on any atom is -0.487 e. The maximum Gasteiger partial charge on any atom is 0.184 e. The van der Waals surface area contributed by atoms with E-state index in [4.69, 9.17) is 47.4 Å². The van der Waals surface area contributed by atoms with Crippen molar-refractivity contribution in [3.05, 3.63) is 108 Å². The van der Waals surface area contributed by atoms with E-state index in [0.29, 0.717) is 77.6 Å². The van der Waals surface area contributed by atoms with Gasteiger partial charge in [-0.05, 0) is 22.9 Å². The van der Waals surface area contributed by atoms with Crippen LogP contribution in [0.1, 0.15) is 23.7 Å². The Kier molecular flexibility index (Phi) is 11.5. The van der Waals surface area contributed by atoms with Crippen LogP contribution >= 0.6 is 0 Å². The Morgan fingerprint density at radius 3 is 1.29 bits per heavy atom. The maximum absolute atomic E-state index is 6.65. The summed E-state index contributed by atoms with van der Waals surface area (Å²) in [5.74, 6) is 1.33. The van der Waals surface area contributed by atoms with Crippen LogP contribution in [0.2, 0.25) is 0 Å². The molecule has 0 aliphatic carbocycles. The number of ether oxygens (including phenoxy) is 10. The molecular weight excluding hydrogens is 616 g/mol. The molecule has 0 N–H and O–H groups in total. The Bertz CT molecular complexity index is 1440. The Labute approximate surface area is 280 Å². The third-order valence-electron chi connectivity index (χ3n) is 8.49. The molecule has 10 heteroatoms. The van der Waals surface area contributed by atoms with Gasteiger partial charge in [0.2, 0.25) is 0 Å². The fourth-order valence-corrected chi connectivity index (χ4v) is 6.09. The van der Waals surface area contributed by atoms with Gasteiger partial charge in [0.05, 0.1) is 52.9 Å². The first kappa shape index (κ1) is 32.9. The molecule has 3 aliphatic heterocycles. The van der Waals surface area contributed by atoms with Gasteiger partial charge in [0.1, 0.15) is 37.6 Å². The SMILES string of the molecule is c1ccc([C@@H]2OC[C@H]3OCCOCCOc4cc5ccccc5cc4OCCOCCO[C@@H]4CO[C@@H](c5ccccc5)O[C@H]4[C@@H]3O2)cc1. The van der Waals surface area contributed by atoms with Crippen molar-refractivity contribution < 1.29 is 47.4 Å². The van der Waals surface area contributed by atoms with Crippen LogP contribution in [-0.2, 0) is 37.9 Å². The van der Waals surface area contributed by atoms with Crippen molar-refractivity contribution in [1.29, 1.82) is 0 Å². The van der Waals surface area contributed by atoms with Crippen LogP contribution < -0.4 is 9.47 Å². The lowest BCUT2D eigenvalue weighted by Gasteiger charge is -2.45. The largest absolute Gasteiger partial charge is 0.487 e. The van der Waals surface area contributed by atoms with Gasteiger partial charge in [0.25, 0.3) is 0 Å². The molecule has 0 bridgehead atoms. The van der Waals surface area contributed by atoms with E-state index >= 15 is 0 Å². The second kappa shape index (κ2) is 16.7. The fraction of sp³-hybridized carbons (Fsp3) is 0.421. The van der Waals surface area contributed by atoms with E-state index in [0.717, 1.165) is 21.9 Å². The lowest BCUT2D eigenvalue weighted by atomic mass is 10.00. The molecule has 0 amide bonds. The van der Waals surface area contributed by atoms with Crippen LogP contribution in [0.4, 0.5) is 0 Å². The minimum absolute atomic E-state index is 0.310. The summed E-state index contributed by atoms with van der Waals surface area (Å²) >= 11 is 0. The Balaban J connectivity index is 1.07. The maximum atomic E-state index is 6.65. The number of fused-ring (bicyclic) bond motifs is 5. The first-order valence-corrected chi connectivity index (χ1v) is 16.6. The van der Waals surface area contributed by atoms with E-state index in [1.165, 1.54) is 0 Å². The average molecular weight is 659 g/mol. The lowest BCUT2D eigenvalue weighted by Crippen LogP contribution is -2.57. The summed E-state index contributed by atoms with van der Waals surface area (Å²) in [4.78, 5) is 0. The second-order valence-corrected chi connectivity index (χ2v) is 11.7. The summed E-state index contributed by atoms with van der Waals surface area (Å²) < 4.78 is 62.4. The summed E-state index contributed by atoms with van der Waals surface area (Å²) in [6, 6.07) is 31.8. The van der Waals surface area contributed by atoms with Crippen LogP contribution in [0.15, 0.2) is 97.1 Å². The van der Waals surface area contributed by atoms with Gasteiger partial charge in [0, 0.05) is 11.1 Å². The first-order chi connectivity index (χ1) is 23.8. The van der Waals surface area contributed by atoms with Crippen molar-refractivity contribution in [2.45, 2.75) is 37.0 Å². The van der Waals surface area contributed by atoms with E-state index in [1.54, 1.807) is 0 Å². The van der Waals surface area contributed by atoms with Crippen LogP contribution in [0.5, 0.6) is 11.5 Å². The van der Waals surface area contributed by atoms with E-state index in [2.05, 4.69) is 12.1 Å². The number of hydrogen-bond acceptors (Lipinski definition) is 10. The highest BCUT2D eigenvalue weighted by Crippen LogP contribution is 2.37. The molecular formula is C38H42O10. The molecule has 0 aromatic heterocycles.